The number of aliphatic hydroxyl groups is 2. The molecule has 1 aliphatic carbocycles. The Balaban J connectivity index is 1.87. The molecule has 0 saturated carbocycles. The summed E-state index contributed by atoms with van der Waals surface area (Å²) in [5, 5.41) is 19.0. The van der Waals surface area contributed by atoms with Gasteiger partial charge in [-0.2, -0.15) is 0 Å². The van der Waals surface area contributed by atoms with Crippen molar-refractivity contribution in [1.82, 2.24) is 0 Å². The summed E-state index contributed by atoms with van der Waals surface area (Å²) in [6, 6.07) is 6.14. The Morgan fingerprint density at radius 3 is 2.67 bits per heavy atom. The summed E-state index contributed by atoms with van der Waals surface area (Å²) in [6.07, 6.45) is 4.78. The van der Waals surface area contributed by atoms with Crippen LogP contribution in [0.1, 0.15) is 37.3 Å². The quantitative estimate of drug-likeness (QED) is 0.566. The molecule has 5 heteroatoms. The molecule has 0 fully saturated rings. The van der Waals surface area contributed by atoms with E-state index in [1.165, 1.54) is 11.1 Å². The Kier molecular flexibility index (Phi) is 7.49. The topological polar surface area (TPSA) is 84.9 Å². The molecule has 0 spiro atoms. The largest absolute Gasteiger partial charge is 0.491 e. The van der Waals surface area contributed by atoms with Gasteiger partial charge in [0.2, 0.25) is 0 Å². The summed E-state index contributed by atoms with van der Waals surface area (Å²) in [5.41, 5.74) is 7.74. The average molecular weight is 337 g/mol. The second kappa shape index (κ2) is 9.37. The fourth-order valence-corrected chi connectivity index (χ4v) is 3.19. The number of rotatable bonds is 10. The first-order valence-electron chi connectivity index (χ1n) is 8.96. The third-order valence-electron chi connectivity index (χ3n) is 4.95. The van der Waals surface area contributed by atoms with Gasteiger partial charge in [-0.25, -0.2) is 0 Å². The van der Waals surface area contributed by atoms with Crippen LogP contribution < -0.4 is 10.5 Å². The first kappa shape index (κ1) is 19.2. The molecule has 0 saturated heterocycles. The number of benzene rings is 1. The molecule has 0 aliphatic heterocycles. The van der Waals surface area contributed by atoms with Gasteiger partial charge in [0.05, 0.1) is 25.4 Å². The number of aryl methyl sites for hydroxylation is 1. The Morgan fingerprint density at radius 2 is 1.96 bits per heavy atom. The fourth-order valence-electron chi connectivity index (χ4n) is 3.19. The van der Waals surface area contributed by atoms with E-state index in [4.69, 9.17) is 15.2 Å². The van der Waals surface area contributed by atoms with E-state index in [0.29, 0.717) is 13.2 Å². The standard InChI is InChI=1S/C19H31NO4/c1-2-3-8-23-9-10-24-18-7-5-15-11-17(6-4-16(15)12-18)19(20,13-21)14-22/h5,7,12,17,21-22H,2-4,6,8-11,13-14,20H2,1H3/t17-/m0/s1. The van der Waals surface area contributed by atoms with Gasteiger partial charge in [-0.1, -0.05) is 19.4 Å². The highest BCUT2D eigenvalue weighted by Gasteiger charge is 2.36. The minimum absolute atomic E-state index is 0.0961. The highest BCUT2D eigenvalue weighted by atomic mass is 16.5. The van der Waals surface area contributed by atoms with Gasteiger partial charge >= 0.3 is 0 Å². The van der Waals surface area contributed by atoms with Gasteiger partial charge in [-0.05, 0) is 54.9 Å². The molecule has 0 radical (unpaired) electrons. The van der Waals surface area contributed by atoms with Gasteiger partial charge in [0.25, 0.3) is 0 Å². The van der Waals surface area contributed by atoms with E-state index in [1.807, 2.05) is 6.07 Å². The van der Waals surface area contributed by atoms with E-state index >= 15 is 0 Å². The van der Waals surface area contributed by atoms with Crippen LogP contribution in [0.3, 0.4) is 0 Å². The SMILES string of the molecule is CCCCOCCOc1ccc2c(c1)CC[C@H](C(N)(CO)CO)C2. The van der Waals surface area contributed by atoms with E-state index in [9.17, 15) is 10.2 Å². The van der Waals surface area contributed by atoms with Crippen LogP contribution in [0.25, 0.3) is 0 Å². The zero-order valence-corrected chi connectivity index (χ0v) is 14.7. The number of hydrogen-bond donors (Lipinski definition) is 3. The molecule has 1 aliphatic rings. The molecule has 0 amide bonds. The number of hydrogen-bond acceptors (Lipinski definition) is 5. The zero-order valence-electron chi connectivity index (χ0n) is 14.7. The number of nitrogens with two attached hydrogens (primary N) is 1. The highest BCUT2D eigenvalue weighted by Crippen LogP contribution is 2.33. The van der Waals surface area contributed by atoms with Crippen LogP contribution in [-0.2, 0) is 17.6 Å². The first-order chi connectivity index (χ1) is 11.6. The minimum atomic E-state index is -0.900. The average Bonchev–Trinajstić information content (AvgIpc) is 2.63. The summed E-state index contributed by atoms with van der Waals surface area (Å²) >= 11 is 0. The van der Waals surface area contributed by atoms with Gasteiger partial charge in [-0.15, -0.1) is 0 Å². The number of fused-ring (bicyclic) bond motifs is 1. The van der Waals surface area contributed by atoms with Crippen molar-refractivity contribution in [3.05, 3.63) is 29.3 Å². The van der Waals surface area contributed by atoms with Crippen molar-refractivity contribution in [1.29, 1.82) is 0 Å². The second-order valence-corrected chi connectivity index (χ2v) is 6.73. The smallest absolute Gasteiger partial charge is 0.119 e. The Bertz CT molecular complexity index is 502. The molecular weight excluding hydrogens is 306 g/mol. The summed E-state index contributed by atoms with van der Waals surface area (Å²) in [5.74, 6) is 0.966. The summed E-state index contributed by atoms with van der Waals surface area (Å²) in [7, 11) is 0. The second-order valence-electron chi connectivity index (χ2n) is 6.73. The van der Waals surface area contributed by atoms with Crippen molar-refractivity contribution in [2.24, 2.45) is 11.7 Å². The summed E-state index contributed by atoms with van der Waals surface area (Å²) < 4.78 is 11.3. The van der Waals surface area contributed by atoms with Crippen molar-refractivity contribution in [3.63, 3.8) is 0 Å². The molecule has 0 bridgehead atoms. The van der Waals surface area contributed by atoms with Gasteiger partial charge in [0.15, 0.2) is 0 Å². The maximum atomic E-state index is 9.49. The van der Waals surface area contributed by atoms with E-state index < -0.39 is 5.54 Å². The predicted octanol–water partition coefficient (Wildman–Crippen LogP) is 1.67. The van der Waals surface area contributed by atoms with Crippen molar-refractivity contribution < 1.29 is 19.7 Å². The van der Waals surface area contributed by atoms with Crippen LogP contribution in [-0.4, -0.2) is 48.8 Å². The van der Waals surface area contributed by atoms with Crippen LogP contribution in [0.4, 0.5) is 0 Å². The van der Waals surface area contributed by atoms with Crippen LogP contribution in [0.2, 0.25) is 0 Å². The molecule has 5 nitrogen and oxygen atoms in total. The molecule has 0 heterocycles. The predicted molar refractivity (Wildman–Crippen MR) is 94.3 cm³/mol. The number of unbranched alkanes of at least 4 members (excludes halogenated alkanes) is 1. The fraction of sp³-hybridized carbons (Fsp3) is 0.684. The lowest BCUT2D eigenvalue weighted by molar-refractivity contribution is 0.0690. The minimum Gasteiger partial charge on any atom is -0.491 e. The molecule has 24 heavy (non-hydrogen) atoms. The van der Waals surface area contributed by atoms with Crippen molar-refractivity contribution >= 4 is 0 Å². The lowest BCUT2D eigenvalue weighted by Gasteiger charge is -2.37. The molecular formula is C19H31NO4. The third-order valence-corrected chi connectivity index (χ3v) is 4.95. The molecule has 0 aromatic heterocycles. The first-order valence-corrected chi connectivity index (χ1v) is 8.96. The Morgan fingerprint density at radius 1 is 1.17 bits per heavy atom. The van der Waals surface area contributed by atoms with Crippen LogP contribution >= 0.6 is 0 Å². The Labute approximate surface area is 144 Å². The number of aliphatic hydroxyl groups excluding tert-OH is 2. The van der Waals surface area contributed by atoms with Crippen LogP contribution in [0, 0.1) is 5.92 Å². The molecule has 1 atom stereocenters. The van der Waals surface area contributed by atoms with Crippen LogP contribution in [0.5, 0.6) is 5.75 Å². The van der Waals surface area contributed by atoms with Gasteiger partial charge < -0.3 is 25.4 Å². The lowest BCUT2D eigenvalue weighted by atomic mass is 9.73. The molecule has 136 valence electrons. The monoisotopic (exact) mass is 337 g/mol. The van der Waals surface area contributed by atoms with Crippen LogP contribution in [0.15, 0.2) is 18.2 Å². The van der Waals surface area contributed by atoms with Gasteiger partial charge in [0.1, 0.15) is 12.4 Å². The van der Waals surface area contributed by atoms with Crippen molar-refractivity contribution in [2.45, 2.75) is 44.6 Å². The van der Waals surface area contributed by atoms with E-state index in [1.54, 1.807) is 0 Å². The summed E-state index contributed by atoms with van der Waals surface area (Å²) in [6.45, 7) is 3.73. The third kappa shape index (κ3) is 4.93. The molecule has 0 unspecified atom stereocenters. The maximum absolute atomic E-state index is 9.49. The lowest BCUT2D eigenvalue weighted by Crippen LogP contribution is -2.55. The van der Waals surface area contributed by atoms with Crippen molar-refractivity contribution in [2.75, 3.05) is 33.0 Å². The molecule has 2 rings (SSSR count). The molecule has 1 aromatic rings. The zero-order chi connectivity index (χ0) is 17.4. The van der Waals surface area contributed by atoms with Gasteiger partial charge in [0, 0.05) is 6.61 Å². The van der Waals surface area contributed by atoms with E-state index in [2.05, 4.69) is 19.1 Å². The number of ether oxygens (including phenoxy) is 2. The van der Waals surface area contributed by atoms with Crippen molar-refractivity contribution in [3.8, 4) is 5.75 Å². The van der Waals surface area contributed by atoms with E-state index in [-0.39, 0.29) is 19.1 Å². The highest BCUT2D eigenvalue weighted by molar-refractivity contribution is 5.38. The Hall–Kier alpha value is -1.14. The van der Waals surface area contributed by atoms with Gasteiger partial charge in [-0.3, -0.25) is 0 Å². The maximum Gasteiger partial charge on any atom is 0.119 e. The van der Waals surface area contributed by atoms with E-state index in [0.717, 1.165) is 44.5 Å². The normalized spacial score (nSPS) is 17.6. The molecule has 4 N–H and O–H groups in total. The molecule has 1 aromatic carbocycles. The summed E-state index contributed by atoms with van der Waals surface area (Å²) in [4.78, 5) is 0.